The van der Waals surface area contributed by atoms with Gasteiger partial charge in [0.15, 0.2) is 0 Å². The van der Waals surface area contributed by atoms with Gasteiger partial charge in [0, 0.05) is 26.2 Å². The van der Waals surface area contributed by atoms with Crippen LogP contribution in [0.3, 0.4) is 0 Å². The Balaban J connectivity index is 2.90. The number of nitrogens with zero attached hydrogens (tertiary/aromatic N) is 1. The molecule has 1 aromatic rings. The Morgan fingerprint density at radius 2 is 1.90 bits per heavy atom. The van der Waals surface area contributed by atoms with Crippen LogP contribution in [0.2, 0.25) is 0 Å². The van der Waals surface area contributed by atoms with Crippen LogP contribution in [0.1, 0.15) is 38.2 Å². The van der Waals surface area contributed by atoms with Gasteiger partial charge in [0.05, 0.1) is 4.90 Å². The van der Waals surface area contributed by atoms with Crippen LogP contribution in [0.5, 0.6) is 0 Å². The number of anilines is 1. The highest BCUT2D eigenvalue weighted by Crippen LogP contribution is 2.22. The molecule has 0 saturated carbocycles. The number of rotatable bonds is 7. The Morgan fingerprint density at radius 1 is 1.24 bits per heavy atom. The van der Waals surface area contributed by atoms with Crippen molar-refractivity contribution in [2.24, 2.45) is 0 Å². The molecule has 5 nitrogen and oxygen atoms in total. The first kappa shape index (κ1) is 17.7. The van der Waals surface area contributed by atoms with Gasteiger partial charge in [-0.2, -0.15) is 0 Å². The molecular formula is C15H24N2O3S. The quantitative estimate of drug-likeness (QED) is 0.787. The maximum Gasteiger partial charge on any atom is 0.242 e. The number of aryl methyl sites for hydroxylation is 1. The summed E-state index contributed by atoms with van der Waals surface area (Å²) in [4.78, 5) is 12.0. The second-order valence-electron chi connectivity index (χ2n) is 5.27. The van der Waals surface area contributed by atoms with E-state index in [4.69, 9.17) is 0 Å². The van der Waals surface area contributed by atoms with Crippen LogP contribution in [-0.4, -0.2) is 32.7 Å². The van der Waals surface area contributed by atoms with E-state index in [-0.39, 0.29) is 10.8 Å². The van der Waals surface area contributed by atoms with Crippen molar-refractivity contribution >= 4 is 21.6 Å². The molecular weight excluding hydrogens is 288 g/mol. The molecule has 21 heavy (non-hydrogen) atoms. The summed E-state index contributed by atoms with van der Waals surface area (Å²) in [5.74, 6) is -0.0829. The third-order valence-electron chi connectivity index (χ3n) is 3.24. The maximum absolute atomic E-state index is 12.2. The zero-order valence-corrected chi connectivity index (χ0v) is 14.0. The average Bonchev–Trinajstić information content (AvgIpc) is 2.41. The first-order valence-corrected chi connectivity index (χ1v) is 8.56. The lowest BCUT2D eigenvalue weighted by molar-refractivity contribution is -0.116. The van der Waals surface area contributed by atoms with Gasteiger partial charge in [-0.25, -0.2) is 12.7 Å². The number of hydrogen-bond acceptors (Lipinski definition) is 3. The van der Waals surface area contributed by atoms with Crippen molar-refractivity contribution in [3.05, 3.63) is 23.8 Å². The fourth-order valence-electron chi connectivity index (χ4n) is 1.91. The zero-order valence-electron chi connectivity index (χ0n) is 13.1. The fourth-order valence-corrected chi connectivity index (χ4v) is 3.06. The smallest absolute Gasteiger partial charge is 0.242 e. The van der Waals surface area contributed by atoms with E-state index in [0.29, 0.717) is 17.7 Å². The lowest BCUT2D eigenvalue weighted by Crippen LogP contribution is -2.23. The minimum atomic E-state index is -3.50. The highest BCUT2D eigenvalue weighted by Gasteiger charge is 2.20. The molecule has 0 saturated heterocycles. The number of carbonyl (C=O) groups is 1. The fraction of sp³-hybridized carbons (Fsp3) is 0.533. The molecule has 0 aromatic heterocycles. The first-order valence-electron chi connectivity index (χ1n) is 7.12. The minimum Gasteiger partial charge on any atom is -0.326 e. The molecule has 0 unspecified atom stereocenters. The van der Waals surface area contributed by atoms with Gasteiger partial charge in [-0.3, -0.25) is 4.79 Å². The van der Waals surface area contributed by atoms with E-state index < -0.39 is 10.0 Å². The number of hydrogen-bond donors (Lipinski definition) is 1. The Labute approximate surface area is 127 Å². The number of benzene rings is 1. The highest BCUT2D eigenvalue weighted by molar-refractivity contribution is 7.89. The van der Waals surface area contributed by atoms with Gasteiger partial charge >= 0.3 is 0 Å². The number of unbranched alkanes of at least 4 members (excludes halogenated alkanes) is 2. The standard InChI is InChI=1S/C15H24N2O3S/c1-5-6-7-8-15(18)16-13-10-9-12(2)14(11-13)21(19,20)17(3)4/h9-11H,5-8H2,1-4H3,(H,16,18). The summed E-state index contributed by atoms with van der Waals surface area (Å²) in [6, 6.07) is 4.95. The van der Waals surface area contributed by atoms with Crippen molar-refractivity contribution in [3.8, 4) is 0 Å². The summed E-state index contributed by atoms with van der Waals surface area (Å²) in [5.41, 5.74) is 1.18. The second-order valence-corrected chi connectivity index (χ2v) is 7.39. The van der Waals surface area contributed by atoms with Gasteiger partial charge in [0.2, 0.25) is 15.9 Å². The Morgan fingerprint density at radius 3 is 2.48 bits per heavy atom. The summed E-state index contributed by atoms with van der Waals surface area (Å²) in [5, 5.41) is 2.76. The Bertz CT molecular complexity index is 595. The molecule has 0 aliphatic heterocycles. The summed E-state index contributed by atoms with van der Waals surface area (Å²) in [6.07, 6.45) is 3.37. The SMILES string of the molecule is CCCCCC(=O)Nc1ccc(C)c(S(=O)(=O)N(C)C)c1. The third-order valence-corrected chi connectivity index (χ3v) is 5.19. The lowest BCUT2D eigenvalue weighted by Gasteiger charge is -2.15. The van der Waals surface area contributed by atoms with Crippen molar-refractivity contribution in [3.63, 3.8) is 0 Å². The molecule has 0 heterocycles. The lowest BCUT2D eigenvalue weighted by atomic mass is 10.2. The summed E-state index contributed by atoms with van der Waals surface area (Å²) < 4.78 is 25.6. The minimum absolute atomic E-state index is 0.0829. The van der Waals surface area contributed by atoms with Crippen molar-refractivity contribution in [2.45, 2.75) is 44.4 Å². The van der Waals surface area contributed by atoms with E-state index >= 15 is 0 Å². The van der Waals surface area contributed by atoms with Gasteiger partial charge in [-0.1, -0.05) is 25.8 Å². The number of sulfonamides is 1. The van der Waals surface area contributed by atoms with Crippen LogP contribution < -0.4 is 5.32 Å². The molecule has 0 spiro atoms. The molecule has 1 rings (SSSR count). The highest BCUT2D eigenvalue weighted by atomic mass is 32.2. The Hall–Kier alpha value is -1.40. The van der Waals surface area contributed by atoms with Crippen molar-refractivity contribution in [1.29, 1.82) is 0 Å². The van der Waals surface area contributed by atoms with E-state index in [2.05, 4.69) is 12.2 Å². The van der Waals surface area contributed by atoms with Gasteiger partial charge in [-0.05, 0) is 31.0 Å². The second kappa shape index (κ2) is 7.56. The summed E-state index contributed by atoms with van der Waals surface area (Å²) >= 11 is 0. The van der Waals surface area contributed by atoms with Crippen LogP contribution >= 0.6 is 0 Å². The topological polar surface area (TPSA) is 66.5 Å². The molecule has 118 valence electrons. The van der Waals surface area contributed by atoms with E-state index in [9.17, 15) is 13.2 Å². The largest absolute Gasteiger partial charge is 0.326 e. The molecule has 0 aliphatic rings. The molecule has 0 fully saturated rings. The Kier molecular flexibility index (Phi) is 6.36. The van der Waals surface area contributed by atoms with E-state index in [0.717, 1.165) is 19.3 Å². The predicted octanol–water partition coefficient (Wildman–Crippen LogP) is 2.76. The third kappa shape index (κ3) is 4.82. The van der Waals surface area contributed by atoms with E-state index in [1.54, 1.807) is 19.1 Å². The zero-order chi connectivity index (χ0) is 16.0. The van der Waals surface area contributed by atoms with Gasteiger partial charge < -0.3 is 5.32 Å². The van der Waals surface area contributed by atoms with Crippen LogP contribution in [0.4, 0.5) is 5.69 Å². The number of nitrogens with one attached hydrogen (secondary N) is 1. The maximum atomic E-state index is 12.2. The number of carbonyl (C=O) groups excluding carboxylic acids is 1. The summed E-state index contributed by atoms with van der Waals surface area (Å²) in [7, 11) is -0.523. The van der Waals surface area contributed by atoms with Gasteiger partial charge in [0.1, 0.15) is 0 Å². The monoisotopic (exact) mass is 312 g/mol. The normalized spacial score (nSPS) is 11.7. The van der Waals surface area contributed by atoms with Crippen LogP contribution in [0.25, 0.3) is 0 Å². The average molecular weight is 312 g/mol. The molecule has 0 atom stereocenters. The van der Waals surface area contributed by atoms with E-state index in [1.165, 1.54) is 24.5 Å². The molecule has 1 N–H and O–H groups in total. The van der Waals surface area contributed by atoms with E-state index in [1.807, 2.05) is 0 Å². The van der Waals surface area contributed by atoms with Gasteiger partial charge in [-0.15, -0.1) is 0 Å². The number of amides is 1. The van der Waals surface area contributed by atoms with Crippen molar-refractivity contribution < 1.29 is 13.2 Å². The van der Waals surface area contributed by atoms with Crippen LogP contribution in [0.15, 0.2) is 23.1 Å². The van der Waals surface area contributed by atoms with Crippen molar-refractivity contribution in [2.75, 3.05) is 19.4 Å². The molecule has 0 bridgehead atoms. The first-order chi connectivity index (χ1) is 9.78. The summed E-state index contributed by atoms with van der Waals surface area (Å²) in [6.45, 7) is 3.82. The molecule has 1 amide bonds. The predicted molar refractivity (Wildman–Crippen MR) is 84.8 cm³/mol. The van der Waals surface area contributed by atoms with Gasteiger partial charge in [0.25, 0.3) is 0 Å². The molecule has 6 heteroatoms. The molecule has 1 aromatic carbocycles. The molecule has 0 aliphatic carbocycles. The van der Waals surface area contributed by atoms with Crippen molar-refractivity contribution in [1.82, 2.24) is 4.31 Å². The molecule has 0 radical (unpaired) electrons. The van der Waals surface area contributed by atoms with Crippen LogP contribution in [0, 0.1) is 6.92 Å². The van der Waals surface area contributed by atoms with Crippen LogP contribution in [-0.2, 0) is 14.8 Å².